The summed E-state index contributed by atoms with van der Waals surface area (Å²) in [4.78, 5) is 10.6. The van der Waals surface area contributed by atoms with Gasteiger partial charge in [0.15, 0.2) is 0 Å². The Hall–Kier alpha value is -0.653. The molecule has 0 aromatic carbocycles. The molecule has 0 bridgehead atoms. The maximum absolute atomic E-state index is 10.6. The standard InChI is InChI=1S/C7H14O4Si/c1-4-7(8)11-5-6-12(9-2)10-3/h4,12H,1,5-6H2,2-3H3. The molecule has 5 heteroatoms. The van der Waals surface area contributed by atoms with E-state index < -0.39 is 15.3 Å². The van der Waals surface area contributed by atoms with Crippen LogP contribution in [0.15, 0.2) is 12.7 Å². The summed E-state index contributed by atoms with van der Waals surface area (Å²) in [6.07, 6.45) is 1.14. The average Bonchev–Trinajstić information content (AvgIpc) is 2.12. The highest BCUT2D eigenvalue weighted by Gasteiger charge is 2.09. The SMILES string of the molecule is C=CC(=O)OCC[SiH](OC)OC. The highest BCUT2D eigenvalue weighted by atomic mass is 28.3. The molecule has 70 valence electrons. The van der Waals surface area contributed by atoms with E-state index in [1.165, 1.54) is 0 Å². The Labute approximate surface area is 74.0 Å². The summed E-state index contributed by atoms with van der Waals surface area (Å²) in [7, 11) is 1.61. The van der Waals surface area contributed by atoms with E-state index in [1.807, 2.05) is 0 Å². The Kier molecular flexibility index (Phi) is 6.64. The monoisotopic (exact) mass is 190 g/mol. The lowest BCUT2D eigenvalue weighted by Crippen LogP contribution is -2.21. The van der Waals surface area contributed by atoms with Crippen LogP contribution in [0.25, 0.3) is 0 Å². The summed E-state index contributed by atoms with van der Waals surface area (Å²) in [5, 5.41) is 0. The summed E-state index contributed by atoms with van der Waals surface area (Å²) < 4.78 is 14.8. The topological polar surface area (TPSA) is 44.8 Å². The number of rotatable bonds is 6. The Morgan fingerprint density at radius 3 is 2.50 bits per heavy atom. The first kappa shape index (κ1) is 11.3. The second kappa shape index (κ2) is 7.02. The van der Waals surface area contributed by atoms with Crippen LogP contribution in [0.3, 0.4) is 0 Å². The number of hydrogen-bond acceptors (Lipinski definition) is 4. The van der Waals surface area contributed by atoms with Crippen molar-refractivity contribution in [2.45, 2.75) is 6.04 Å². The van der Waals surface area contributed by atoms with E-state index in [4.69, 9.17) is 13.6 Å². The molecule has 0 fully saturated rings. The number of carbonyl (C=O) groups excluding carboxylic acids is 1. The highest BCUT2D eigenvalue weighted by Crippen LogP contribution is 1.95. The van der Waals surface area contributed by atoms with Crippen molar-refractivity contribution in [3.8, 4) is 0 Å². The van der Waals surface area contributed by atoms with Gasteiger partial charge in [0.2, 0.25) is 0 Å². The molecule has 0 aliphatic heterocycles. The second-order valence-electron chi connectivity index (χ2n) is 2.06. The molecule has 0 saturated carbocycles. The number of esters is 1. The fourth-order valence-corrected chi connectivity index (χ4v) is 1.62. The number of hydrogen-bond donors (Lipinski definition) is 0. The van der Waals surface area contributed by atoms with Gasteiger partial charge in [-0.2, -0.15) is 0 Å². The molecule has 0 unspecified atom stereocenters. The predicted molar refractivity (Wildman–Crippen MR) is 47.1 cm³/mol. The first-order valence-electron chi connectivity index (χ1n) is 3.59. The minimum Gasteiger partial charge on any atom is -0.463 e. The first-order valence-corrected chi connectivity index (χ1v) is 5.35. The van der Waals surface area contributed by atoms with Crippen LogP contribution in [-0.4, -0.2) is 36.1 Å². The van der Waals surface area contributed by atoms with Crippen LogP contribution in [0.4, 0.5) is 0 Å². The Bertz CT molecular complexity index is 144. The highest BCUT2D eigenvalue weighted by molar-refractivity contribution is 6.44. The predicted octanol–water partition coefficient (Wildman–Crippen LogP) is 0.229. The van der Waals surface area contributed by atoms with E-state index in [0.29, 0.717) is 12.7 Å². The fraction of sp³-hybridized carbons (Fsp3) is 0.571. The van der Waals surface area contributed by atoms with Crippen molar-refractivity contribution in [1.82, 2.24) is 0 Å². The van der Waals surface area contributed by atoms with E-state index in [2.05, 4.69) is 6.58 Å². The summed E-state index contributed by atoms with van der Waals surface area (Å²) in [5.41, 5.74) is 0. The van der Waals surface area contributed by atoms with E-state index >= 15 is 0 Å². The number of carbonyl (C=O) groups is 1. The molecule has 4 nitrogen and oxygen atoms in total. The normalized spacial score (nSPS) is 9.92. The Balaban J connectivity index is 3.40. The molecule has 0 saturated heterocycles. The molecule has 12 heavy (non-hydrogen) atoms. The van der Waals surface area contributed by atoms with Crippen LogP contribution in [-0.2, 0) is 18.4 Å². The van der Waals surface area contributed by atoms with Crippen molar-refractivity contribution in [1.29, 1.82) is 0 Å². The minimum atomic E-state index is -1.57. The molecule has 0 N–H and O–H groups in total. The van der Waals surface area contributed by atoms with E-state index in [1.54, 1.807) is 14.2 Å². The third-order valence-electron chi connectivity index (χ3n) is 1.29. The zero-order chi connectivity index (χ0) is 9.40. The Morgan fingerprint density at radius 1 is 1.50 bits per heavy atom. The maximum atomic E-state index is 10.6. The van der Waals surface area contributed by atoms with Crippen molar-refractivity contribution < 1.29 is 18.4 Å². The van der Waals surface area contributed by atoms with E-state index in [0.717, 1.165) is 6.08 Å². The van der Waals surface area contributed by atoms with Crippen LogP contribution in [0.2, 0.25) is 6.04 Å². The first-order chi connectivity index (χ1) is 5.74. The van der Waals surface area contributed by atoms with Gasteiger partial charge in [-0.25, -0.2) is 4.79 Å². The third-order valence-corrected chi connectivity index (χ3v) is 3.05. The lowest BCUT2D eigenvalue weighted by atomic mass is 10.6. The van der Waals surface area contributed by atoms with Gasteiger partial charge < -0.3 is 13.6 Å². The molecule has 0 aliphatic carbocycles. The van der Waals surface area contributed by atoms with E-state index in [9.17, 15) is 4.79 Å². The van der Waals surface area contributed by atoms with Crippen molar-refractivity contribution >= 4 is 15.3 Å². The fourth-order valence-electron chi connectivity index (χ4n) is 0.647. The number of ether oxygens (including phenoxy) is 1. The Morgan fingerprint density at radius 2 is 2.08 bits per heavy atom. The summed E-state index contributed by atoms with van der Waals surface area (Å²) in [6, 6.07) is 0.659. The van der Waals surface area contributed by atoms with Gasteiger partial charge in [-0.1, -0.05) is 6.58 Å². The minimum absolute atomic E-state index is 0.337. The van der Waals surface area contributed by atoms with Crippen LogP contribution in [0.5, 0.6) is 0 Å². The molecule has 0 aromatic rings. The lowest BCUT2D eigenvalue weighted by molar-refractivity contribution is -0.137. The molecule has 0 radical (unpaired) electrons. The van der Waals surface area contributed by atoms with Crippen molar-refractivity contribution in [3.63, 3.8) is 0 Å². The molecule has 0 aromatic heterocycles. The van der Waals surface area contributed by atoms with E-state index in [-0.39, 0.29) is 0 Å². The third kappa shape index (κ3) is 5.06. The molecular formula is C7H14O4Si. The average molecular weight is 190 g/mol. The zero-order valence-electron chi connectivity index (χ0n) is 7.41. The lowest BCUT2D eigenvalue weighted by Gasteiger charge is -2.09. The van der Waals surface area contributed by atoms with Crippen molar-refractivity contribution in [3.05, 3.63) is 12.7 Å². The van der Waals surface area contributed by atoms with Gasteiger partial charge in [0.25, 0.3) is 0 Å². The smallest absolute Gasteiger partial charge is 0.330 e. The molecule has 0 spiro atoms. The van der Waals surface area contributed by atoms with Crippen LogP contribution in [0.1, 0.15) is 0 Å². The molecule has 0 amide bonds. The van der Waals surface area contributed by atoms with Gasteiger partial charge in [-0.15, -0.1) is 0 Å². The molecule has 0 atom stereocenters. The maximum Gasteiger partial charge on any atom is 0.330 e. The summed E-state index contributed by atoms with van der Waals surface area (Å²) in [6.45, 7) is 3.61. The van der Waals surface area contributed by atoms with Gasteiger partial charge in [-0.3, -0.25) is 0 Å². The summed E-state index contributed by atoms with van der Waals surface area (Å²) >= 11 is 0. The largest absolute Gasteiger partial charge is 0.463 e. The quantitative estimate of drug-likeness (QED) is 0.342. The van der Waals surface area contributed by atoms with Gasteiger partial charge in [-0.05, 0) is 0 Å². The van der Waals surface area contributed by atoms with Crippen LogP contribution >= 0.6 is 0 Å². The molecular weight excluding hydrogens is 176 g/mol. The second-order valence-corrected chi connectivity index (χ2v) is 4.44. The van der Waals surface area contributed by atoms with Crippen molar-refractivity contribution in [2.24, 2.45) is 0 Å². The van der Waals surface area contributed by atoms with Gasteiger partial charge >= 0.3 is 15.3 Å². The summed E-state index contributed by atoms with van der Waals surface area (Å²) in [5.74, 6) is -0.407. The molecule has 0 aliphatic rings. The van der Waals surface area contributed by atoms with Gasteiger partial charge in [0, 0.05) is 26.3 Å². The van der Waals surface area contributed by atoms with Crippen LogP contribution in [0, 0.1) is 0 Å². The molecule has 0 heterocycles. The van der Waals surface area contributed by atoms with Gasteiger partial charge in [0.05, 0.1) is 6.61 Å². The molecule has 0 rings (SSSR count). The van der Waals surface area contributed by atoms with Crippen LogP contribution < -0.4 is 0 Å². The van der Waals surface area contributed by atoms with Crippen molar-refractivity contribution in [2.75, 3.05) is 20.8 Å². The zero-order valence-corrected chi connectivity index (χ0v) is 8.56. The van der Waals surface area contributed by atoms with Gasteiger partial charge in [0.1, 0.15) is 0 Å².